The predicted octanol–water partition coefficient (Wildman–Crippen LogP) is 3.66. The number of benzene rings is 2. The lowest BCUT2D eigenvalue weighted by atomic mass is 9.88. The average molecular weight is 459 g/mol. The fourth-order valence-electron chi connectivity index (χ4n) is 4.02. The second-order valence-electron chi connectivity index (χ2n) is 7.47. The molecule has 0 unspecified atom stereocenters. The zero-order chi connectivity index (χ0) is 23.1. The fourth-order valence-corrected chi connectivity index (χ4v) is 4.49. The van der Waals surface area contributed by atoms with Crippen molar-refractivity contribution in [1.29, 1.82) is 0 Å². The van der Waals surface area contributed by atoms with Gasteiger partial charge in [0.25, 0.3) is 0 Å². The number of amides is 2. The van der Waals surface area contributed by atoms with Crippen LogP contribution < -0.4 is 14.8 Å². The molecule has 0 aromatic heterocycles. The molecule has 0 saturated carbocycles. The summed E-state index contributed by atoms with van der Waals surface area (Å²) < 4.78 is 15.9. The Kier molecular flexibility index (Phi) is 8.27. The number of fused-ring (bicyclic) bond motifs is 1. The molecular formula is C24H30N2O5S. The molecule has 3 rings (SSSR count). The van der Waals surface area contributed by atoms with E-state index >= 15 is 0 Å². The van der Waals surface area contributed by atoms with Gasteiger partial charge in [0.1, 0.15) is 6.04 Å². The number of methoxy groups -OCH3 is 3. The second kappa shape index (κ2) is 11.1. The molecule has 2 aromatic carbocycles. The third-order valence-corrected chi connectivity index (χ3v) is 6.29. The summed E-state index contributed by atoms with van der Waals surface area (Å²) in [6, 6.07) is 12.5. The molecule has 8 heteroatoms. The van der Waals surface area contributed by atoms with Crippen LogP contribution in [0.15, 0.2) is 42.5 Å². The normalized spacial score (nSPS) is 16.0. The average Bonchev–Trinajstić information content (AvgIpc) is 2.84. The number of hydrogen-bond donors (Lipinski definition) is 1. The number of rotatable bonds is 8. The maximum absolute atomic E-state index is 13.4. The van der Waals surface area contributed by atoms with Crippen molar-refractivity contribution < 1.29 is 23.8 Å². The maximum atomic E-state index is 13.4. The van der Waals surface area contributed by atoms with Gasteiger partial charge in [-0.05, 0) is 53.7 Å². The smallest absolute Gasteiger partial charge is 0.328 e. The molecule has 1 aliphatic rings. The molecule has 32 heavy (non-hydrogen) atoms. The van der Waals surface area contributed by atoms with Gasteiger partial charge < -0.3 is 24.4 Å². The summed E-state index contributed by atoms with van der Waals surface area (Å²) in [5, 5.41) is 2.90. The number of carbonyl (C=O) groups excluding carboxylic acids is 2. The van der Waals surface area contributed by atoms with Crippen LogP contribution in [-0.4, -0.2) is 62.8 Å². The quantitative estimate of drug-likeness (QED) is 0.609. The summed E-state index contributed by atoms with van der Waals surface area (Å²) in [6.07, 6.45) is 3.13. The molecule has 172 valence electrons. The summed E-state index contributed by atoms with van der Waals surface area (Å²) in [5.74, 6) is 1.58. The summed E-state index contributed by atoms with van der Waals surface area (Å²) in [4.78, 5) is 27.4. The molecule has 0 aliphatic carbocycles. The Morgan fingerprint density at radius 2 is 1.81 bits per heavy atom. The molecule has 1 heterocycles. The maximum Gasteiger partial charge on any atom is 0.328 e. The number of esters is 1. The van der Waals surface area contributed by atoms with Crippen LogP contribution in [0.5, 0.6) is 11.5 Å². The number of nitrogens with zero attached hydrogens (tertiary/aromatic N) is 1. The van der Waals surface area contributed by atoms with Crippen LogP contribution in [0.4, 0.5) is 4.79 Å². The van der Waals surface area contributed by atoms with Crippen molar-refractivity contribution in [3.63, 3.8) is 0 Å². The molecule has 1 aliphatic heterocycles. The zero-order valence-corrected chi connectivity index (χ0v) is 19.7. The van der Waals surface area contributed by atoms with Crippen LogP contribution in [0.2, 0.25) is 0 Å². The first kappa shape index (κ1) is 23.8. The zero-order valence-electron chi connectivity index (χ0n) is 18.9. The number of nitrogens with one attached hydrogen (secondary N) is 1. The van der Waals surface area contributed by atoms with E-state index in [4.69, 9.17) is 14.2 Å². The molecular weight excluding hydrogens is 428 g/mol. The number of thioether (sulfide) groups is 1. The van der Waals surface area contributed by atoms with E-state index in [-0.39, 0.29) is 12.1 Å². The lowest BCUT2D eigenvalue weighted by molar-refractivity contribution is -0.142. The molecule has 0 bridgehead atoms. The molecule has 2 atom stereocenters. The van der Waals surface area contributed by atoms with E-state index < -0.39 is 12.0 Å². The SMILES string of the molecule is COC(=O)[C@H](CCSC)NC(=O)N1CCc2cc(OC)c(OC)cc2[C@@H]1c1ccccc1. The summed E-state index contributed by atoms with van der Waals surface area (Å²) in [6.45, 7) is 0.504. The van der Waals surface area contributed by atoms with E-state index in [2.05, 4.69) is 5.32 Å². The Hall–Kier alpha value is -2.87. The third-order valence-electron chi connectivity index (χ3n) is 5.64. The van der Waals surface area contributed by atoms with Gasteiger partial charge in [0.2, 0.25) is 0 Å². The third kappa shape index (κ3) is 5.12. The van der Waals surface area contributed by atoms with Crippen molar-refractivity contribution in [1.82, 2.24) is 10.2 Å². The number of urea groups is 1. The monoisotopic (exact) mass is 458 g/mol. The van der Waals surface area contributed by atoms with Crippen molar-refractivity contribution in [3.8, 4) is 11.5 Å². The minimum atomic E-state index is -0.692. The lowest BCUT2D eigenvalue weighted by Crippen LogP contribution is -2.51. The first-order chi connectivity index (χ1) is 15.5. The van der Waals surface area contributed by atoms with Crippen molar-refractivity contribution in [2.75, 3.05) is 39.9 Å². The Morgan fingerprint density at radius 1 is 1.12 bits per heavy atom. The molecule has 7 nitrogen and oxygen atoms in total. The Balaban J connectivity index is 1.98. The van der Waals surface area contributed by atoms with E-state index in [0.717, 1.165) is 22.4 Å². The van der Waals surface area contributed by atoms with Crippen LogP contribution in [0.3, 0.4) is 0 Å². The van der Waals surface area contributed by atoms with Gasteiger partial charge in [-0.3, -0.25) is 0 Å². The number of ether oxygens (including phenoxy) is 3. The first-order valence-corrected chi connectivity index (χ1v) is 11.9. The number of carbonyl (C=O) groups is 2. The van der Waals surface area contributed by atoms with Crippen LogP contribution >= 0.6 is 11.8 Å². The standard InChI is InChI=1S/C24H30N2O5S/c1-29-20-14-17-10-12-26(24(28)25-19(11-13-32-4)23(27)31-3)22(16-8-6-5-7-9-16)18(17)15-21(20)30-2/h5-9,14-15,19,22H,10-13H2,1-4H3,(H,25,28)/t19-,22-/m0/s1. The van der Waals surface area contributed by atoms with Gasteiger partial charge in [-0.15, -0.1) is 0 Å². The van der Waals surface area contributed by atoms with Gasteiger partial charge >= 0.3 is 12.0 Å². The molecule has 0 saturated heterocycles. The molecule has 2 amide bonds. The summed E-state index contributed by atoms with van der Waals surface area (Å²) in [5.41, 5.74) is 3.07. The van der Waals surface area contributed by atoms with Crippen molar-refractivity contribution in [2.24, 2.45) is 0 Å². The van der Waals surface area contributed by atoms with Gasteiger partial charge in [-0.2, -0.15) is 11.8 Å². The molecule has 1 N–H and O–H groups in total. The van der Waals surface area contributed by atoms with E-state index in [9.17, 15) is 9.59 Å². The largest absolute Gasteiger partial charge is 0.493 e. The van der Waals surface area contributed by atoms with Crippen LogP contribution in [0, 0.1) is 0 Å². The Labute approximate surface area is 193 Å². The van der Waals surface area contributed by atoms with Crippen molar-refractivity contribution in [3.05, 3.63) is 59.2 Å². The first-order valence-electron chi connectivity index (χ1n) is 10.5. The Morgan fingerprint density at radius 3 is 2.44 bits per heavy atom. The van der Waals surface area contributed by atoms with Crippen LogP contribution in [0.1, 0.15) is 29.2 Å². The predicted molar refractivity (Wildman–Crippen MR) is 126 cm³/mol. The van der Waals surface area contributed by atoms with Gasteiger partial charge in [-0.1, -0.05) is 30.3 Å². The lowest BCUT2D eigenvalue weighted by Gasteiger charge is -2.38. The van der Waals surface area contributed by atoms with Gasteiger partial charge in [0, 0.05) is 6.54 Å². The highest BCUT2D eigenvalue weighted by Gasteiger charge is 2.35. The number of hydrogen-bond acceptors (Lipinski definition) is 6. The highest BCUT2D eigenvalue weighted by Crippen LogP contribution is 2.41. The fraction of sp³-hybridized carbons (Fsp3) is 0.417. The topological polar surface area (TPSA) is 77.1 Å². The summed E-state index contributed by atoms with van der Waals surface area (Å²) >= 11 is 1.62. The van der Waals surface area contributed by atoms with E-state index in [0.29, 0.717) is 30.9 Å². The second-order valence-corrected chi connectivity index (χ2v) is 8.45. The van der Waals surface area contributed by atoms with E-state index in [1.807, 2.05) is 48.7 Å². The molecule has 0 fully saturated rings. The van der Waals surface area contributed by atoms with Gasteiger partial charge in [-0.25, -0.2) is 9.59 Å². The minimum absolute atomic E-state index is 0.296. The minimum Gasteiger partial charge on any atom is -0.493 e. The van der Waals surface area contributed by atoms with Gasteiger partial charge in [0.05, 0.1) is 27.4 Å². The highest BCUT2D eigenvalue weighted by atomic mass is 32.2. The highest BCUT2D eigenvalue weighted by molar-refractivity contribution is 7.98. The van der Waals surface area contributed by atoms with Crippen molar-refractivity contribution in [2.45, 2.75) is 24.9 Å². The van der Waals surface area contributed by atoms with Crippen LogP contribution in [-0.2, 0) is 16.0 Å². The Bertz CT molecular complexity index is 937. The molecule has 0 spiro atoms. The molecule has 0 radical (unpaired) electrons. The molecule has 2 aromatic rings. The van der Waals surface area contributed by atoms with Crippen LogP contribution in [0.25, 0.3) is 0 Å². The van der Waals surface area contributed by atoms with Crippen molar-refractivity contribution >= 4 is 23.8 Å². The summed E-state index contributed by atoms with van der Waals surface area (Å²) in [7, 11) is 4.55. The van der Waals surface area contributed by atoms with E-state index in [1.54, 1.807) is 30.9 Å². The van der Waals surface area contributed by atoms with E-state index in [1.165, 1.54) is 7.11 Å². The van der Waals surface area contributed by atoms with Gasteiger partial charge in [0.15, 0.2) is 11.5 Å².